The van der Waals surface area contributed by atoms with Crippen LogP contribution in [0.2, 0.25) is 0 Å². The number of aliphatic hydroxyl groups is 1. The zero-order chi connectivity index (χ0) is 23.5. The minimum atomic E-state index is -0.894. The van der Waals surface area contributed by atoms with Crippen molar-refractivity contribution in [3.8, 4) is 17.6 Å². The molecule has 2 aromatic rings. The molecule has 5 atom stereocenters. The lowest BCUT2D eigenvalue weighted by Gasteiger charge is -2.64. The van der Waals surface area contributed by atoms with Crippen molar-refractivity contribution in [2.24, 2.45) is 0 Å². The molecular weight excluding hydrogens is 424 g/mol. The molecule has 2 fully saturated rings. The SMILES string of the molecule is C=CCN1CC[C@]23c4c5cccc4O[C@H]2[C@H](N(C)C(=O)C#Cc2ccccc2)CC[C@@]3(O)[C@H]1C5. The van der Waals surface area contributed by atoms with Crippen LogP contribution in [0.5, 0.6) is 5.75 Å². The van der Waals surface area contributed by atoms with E-state index in [4.69, 9.17) is 4.74 Å². The molecule has 6 rings (SSSR count). The van der Waals surface area contributed by atoms with Crippen LogP contribution in [0.1, 0.15) is 36.0 Å². The minimum absolute atomic E-state index is 0.0195. The van der Waals surface area contributed by atoms with E-state index < -0.39 is 11.0 Å². The maximum atomic E-state index is 13.1. The summed E-state index contributed by atoms with van der Waals surface area (Å²) in [6.45, 7) is 5.59. The lowest BCUT2D eigenvalue weighted by molar-refractivity contribution is -0.197. The van der Waals surface area contributed by atoms with Gasteiger partial charge in [-0.15, -0.1) is 6.58 Å². The summed E-state index contributed by atoms with van der Waals surface area (Å²) in [7, 11) is 1.83. The molecule has 0 unspecified atom stereocenters. The number of benzene rings is 2. The first-order valence-corrected chi connectivity index (χ1v) is 12.2. The van der Waals surface area contributed by atoms with Gasteiger partial charge >= 0.3 is 0 Å². The zero-order valence-electron chi connectivity index (χ0n) is 19.5. The van der Waals surface area contributed by atoms with Gasteiger partial charge in [-0.1, -0.05) is 42.3 Å². The Bertz CT molecular complexity index is 1210. The molecule has 2 aliphatic heterocycles. The molecule has 0 radical (unpaired) electrons. The highest BCUT2D eigenvalue weighted by Crippen LogP contribution is 2.64. The number of likely N-dealkylation sites (tertiary alicyclic amines) is 1. The number of nitrogens with zero attached hydrogens (tertiary/aromatic N) is 2. The Hall–Kier alpha value is -3.07. The van der Waals surface area contributed by atoms with Gasteiger partial charge in [0, 0.05) is 36.7 Å². The number of likely N-dealkylation sites (N-methyl/N-ethyl adjacent to an activating group) is 1. The number of carbonyl (C=O) groups is 1. The van der Waals surface area contributed by atoms with Crippen LogP contribution in [0.25, 0.3) is 0 Å². The Morgan fingerprint density at radius 1 is 1.26 bits per heavy atom. The van der Waals surface area contributed by atoms with Gasteiger partial charge in [-0.2, -0.15) is 0 Å². The van der Waals surface area contributed by atoms with Gasteiger partial charge in [-0.3, -0.25) is 9.69 Å². The smallest absolute Gasteiger partial charge is 0.298 e. The Labute approximate surface area is 201 Å². The number of carbonyl (C=O) groups excluding carboxylic acids is 1. The summed E-state index contributed by atoms with van der Waals surface area (Å²) in [5, 5.41) is 12.4. The fourth-order valence-corrected chi connectivity index (χ4v) is 7.24. The number of piperidine rings is 1. The molecule has 1 amide bonds. The van der Waals surface area contributed by atoms with Crippen LogP contribution in [-0.4, -0.2) is 64.7 Å². The van der Waals surface area contributed by atoms with E-state index in [0.29, 0.717) is 12.8 Å². The molecule has 0 aromatic heterocycles. The highest BCUT2D eigenvalue weighted by atomic mass is 16.5. The van der Waals surface area contributed by atoms with Crippen LogP contribution in [0, 0.1) is 11.8 Å². The van der Waals surface area contributed by atoms with Crippen LogP contribution in [0.3, 0.4) is 0 Å². The molecule has 5 heteroatoms. The summed E-state index contributed by atoms with van der Waals surface area (Å²) in [4.78, 5) is 17.3. The van der Waals surface area contributed by atoms with Gasteiger partial charge in [0.2, 0.25) is 0 Å². The third kappa shape index (κ3) is 2.79. The number of hydrogen-bond donors (Lipinski definition) is 1. The van der Waals surface area contributed by atoms with Crippen LogP contribution < -0.4 is 4.74 Å². The van der Waals surface area contributed by atoms with E-state index in [2.05, 4.69) is 35.5 Å². The molecule has 1 N–H and O–H groups in total. The second kappa shape index (κ2) is 7.73. The molecular formula is C29H30N2O3. The van der Waals surface area contributed by atoms with Crippen molar-refractivity contribution >= 4 is 5.91 Å². The van der Waals surface area contributed by atoms with Crippen molar-refractivity contribution in [2.75, 3.05) is 20.1 Å². The van der Waals surface area contributed by atoms with Crippen LogP contribution >= 0.6 is 0 Å². The van der Waals surface area contributed by atoms with Gasteiger partial charge in [0.25, 0.3) is 5.91 Å². The lowest BCUT2D eigenvalue weighted by Crippen LogP contribution is -2.78. The molecule has 34 heavy (non-hydrogen) atoms. The monoisotopic (exact) mass is 454 g/mol. The molecule has 2 aliphatic carbocycles. The van der Waals surface area contributed by atoms with E-state index in [1.165, 1.54) is 11.1 Å². The average molecular weight is 455 g/mol. The average Bonchev–Trinajstić information content (AvgIpc) is 3.19. The topological polar surface area (TPSA) is 53.0 Å². The molecule has 1 saturated heterocycles. The molecule has 1 saturated carbocycles. The number of ether oxygens (including phenoxy) is 1. The van der Waals surface area contributed by atoms with E-state index in [9.17, 15) is 9.90 Å². The van der Waals surface area contributed by atoms with Gasteiger partial charge in [0.1, 0.15) is 11.9 Å². The van der Waals surface area contributed by atoms with Crippen molar-refractivity contribution in [2.45, 2.75) is 54.9 Å². The van der Waals surface area contributed by atoms with E-state index in [-0.39, 0.29) is 24.1 Å². The van der Waals surface area contributed by atoms with Gasteiger partial charge in [-0.05, 0) is 56.0 Å². The largest absolute Gasteiger partial charge is 0.487 e. The molecule has 1 spiro atoms. The lowest BCUT2D eigenvalue weighted by atomic mass is 9.48. The second-order valence-corrected chi connectivity index (χ2v) is 10.1. The zero-order valence-corrected chi connectivity index (χ0v) is 19.5. The fraction of sp³-hybridized carbons (Fsp3) is 0.414. The van der Waals surface area contributed by atoms with Gasteiger partial charge in [0.05, 0.1) is 17.1 Å². The highest BCUT2D eigenvalue weighted by Gasteiger charge is 2.72. The van der Waals surface area contributed by atoms with Crippen molar-refractivity contribution in [1.82, 2.24) is 9.80 Å². The Balaban J connectivity index is 1.38. The van der Waals surface area contributed by atoms with Gasteiger partial charge < -0.3 is 14.7 Å². The van der Waals surface area contributed by atoms with Crippen LogP contribution in [-0.2, 0) is 16.6 Å². The van der Waals surface area contributed by atoms with Crippen molar-refractivity contribution in [3.63, 3.8) is 0 Å². The number of hydrogen-bond acceptors (Lipinski definition) is 4. The quantitative estimate of drug-likeness (QED) is 0.573. The maximum absolute atomic E-state index is 13.1. The Kier molecular flexibility index (Phi) is 4.88. The molecule has 174 valence electrons. The van der Waals surface area contributed by atoms with Crippen molar-refractivity contribution < 1.29 is 14.6 Å². The maximum Gasteiger partial charge on any atom is 0.298 e. The van der Waals surface area contributed by atoms with Crippen molar-refractivity contribution in [3.05, 3.63) is 77.9 Å². The third-order valence-electron chi connectivity index (χ3n) is 8.71. The number of rotatable bonds is 3. The van der Waals surface area contributed by atoms with E-state index >= 15 is 0 Å². The molecule has 2 heterocycles. The first kappa shape index (κ1) is 21.5. The summed E-state index contributed by atoms with van der Waals surface area (Å²) in [5.74, 6) is 6.47. The summed E-state index contributed by atoms with van der Waals surface area (Å²) in [6, 6.07) is 15.7. The van der Waals surface area contributed by atoms with Crippen LogP contribution in [0.4, 0.5) is 0 Å². The van der Waals surface area contributed by atoms with Crippen molar-refractivity contribution in [1.29, 1.82) is 0 Å². The molecule has 5 nitrogen and oxygen atoms in total. The minimum Gasteiger partial charge on any atom is -0.487 e. The summed E-state index contributed by atoms with van der Waals surface area (Å²) in [6.07, 6.45) is 4.57. The standard InChI is InChI=1S/C29H30N2O3/c1-3-17-31-18-16-28-26-21-10-7-11-23(26)34-27(28)22(14-15-29(28,33)24(31)19-21)30(2)25(32)13-12-20-8-5-4-6-9-20/h3-11,22,24,27,33H,1,14-19H2,2H3/t22-,24-,27+,28+,29-/m1/s1. The predicted octanol–water partition coefficient (Wildman–Crippen LogP) is 2.91. The van der Waals surface area contributed by atoms with E-state index in [0.717, 1.165) is 37.2 Å². The van der Waals surface area contributed by atoms with E-state index in [1.54, 1.807) is 4.90 Å². The highest BCUT2D eigenvalue weighted by molar-refractivity contribution is 5.94. The van der Waals surface area contributed by atoms with Gasteiger partial charge in [-0.25, -0.2) is 0 Å². The van der Waals surface area contributed by atoms with E-state index in [1.807, 2.05) is 49.5 Å². The summed E-state index contributed by atoms with van der Waals surface area (Å²) >= 11 is 0. The normalized spacial score (nSPS) is 32.6. The summed E-state index contributed by atoms with van der Waals surface area (Å²) < 4.78 is 6.64. The number of amides is 1. The molecule has 4 aliphatic rings. The Morgan fingerprint density at radius 2 is 2.09 bits per heavy atom. The third-order valence-corrected chi connectivity index (χ3v) is 8.71. The first-order chi connectivity index (χ1) is 16.5. The first-order valence-electron chi connectivity index (χ1n) is 12.2. The predicted molar refractivity (Wildman–Crippen MR) is 130 cm³/mol. The molecule has 2 bridgehead atoms. The van der Waals surface area contributed by atoms with Crippen LogP contribution in [0.15, 0.2) is 61.2 Å². The molecule has 2 aromatic carbocycles. The fourth-order valence-electron chi connectivity index (χ4n) is 7.24. The second-order valence-electron chi connectivity index (χ2n) is 10.1. The van der Waals surface area contributed by atoms with Gasteiger partial charge in [0.15, 0.2) is 0 Å². The Morgan fingerprint density at radius 3 is 2.88 bits per heavy atom. The summed E-state index contributed by atoms with van der Waals surface area (Å²) in [5.41, 5.74) is 1.86.